The lowest BCUT2D eigenvalue weighted by Gasteiger charge is -2.44. The third kappa shape index (κ3) is 4.01. The summed E-state index contributed by atoms with van der Waals surface area (Å²) >= 11 is 0. The molecule has 0 aliphatic heterocycles. The van der Waals surface area contributed by atoms with Crippen LogP contribution in [0.3, 0.4) is 0 Å². The maximum Gasteiger partial charge on any atom is 0.404 e. The van der Waals surface area contributed by atoms with Gasteiger partial charge in [-0.2, -0.15) is 0 Å². The van der Waals surface area contributed by atoms with Crippen LogP contribution in [0.2, 0.25) is 5.04 Å². The van der Waals surface area contributed by atoms with Crippen LogP contribution in [0, 0.1) is 5.92 Å². The Morgan fingerprint density at radius 3 is 1.93 bits per heavy atom. The second kappa shape index (κ2) is 8.09. The standard InChI is InChI=1S/C23H31NO3Si/c1-17-15-18(16-21(17)24-22(25)26)27-28(23(2,3)4,19-11-7-5-8-12-19)20-13-9-6-10-14-20/h5-14,17-18,21,24H,15-16H2,1-4H3,(H,25,26). The van der Waals surface area contributed by atoms with E-state index >= 15 is 0 Å². The van der Waals surface area contributed by atoms with Crippen LogP contribution in [-0.4, -0.2) is 31.7 Å². The van der Waals surface area contributed by atoms with Crippen molar-refractivity contribution in [2.24, 2.45) is 5.92 Å². The van der Waals surface area contributed by atoms with Crippen molar-refractivity contribution in [2.75, 3.05) is 0 Å². The third-order valence-corrected chi connectivity index (χ3v) is 11.0. The van der Waals surface area contributed by atoms with Crippen LogP contribution in [0.15, 0.2) is 60.7 Å². The molecular formula is C23H31NO3Si. The molecule has 0 saturated heterocycles. The highest BCUT2D eigenvalue weighted by molar-refractivity contribution is 6.99. The molecule has 28 heavy (non-hydrogen) atoms. The van der Waals surface area contributed by atoms with Gasteiger partial charge < -0.3 is 14.8 Å². The molecule has 2 N–H and O–H groups in total. The van der Waals surface area contributed by atoms with Crippen molar-refractivity contribution in [3.05, 3.63) is 60.7 Å². The summed E-state index contributed by atoms with van der Waals surface area (Å²) in [7, 11) is -2.59. The van der Waals surface area contributed by atoms with Crippen LogP contribution >= 0.6 is 0 Å². The quantitative estimate of drug-likeness (QED) is 0.750. The molecule has 0 spiro atoms. The van der Waals surface area contributed by atoms with E-state index in [1.54, 1.807) is 0 Å². The fourth-order valence-electron chi connectivity index (χ4n) is 4.59. The molecule has 3 atom stereocenters. The second-order valence-electron chi connectivity index (χ2n) is 8.91. The molecule has 0 bridgehead atoms. The fraction of sp³-hybridized carbons (Fsp3) is 0.435. The average molecular weight is 398 g/mol. The van der Waals surface area contributed by atoms with Crippen LogP contribution < -0.4 is 15.7 Å². The highest BCUT2D eigenvalue weighted by Crippen LogP contribution is 2.40. The summed E-state index contributed by atoms with van der Waals surface area (Å²) in [6.07, 6.45) is 0.675. The van der Waals surface area contributed by atoms with Crippen LogP contribution in [0.1, 0.15) is 40.5 Å². The number of rotatable bonds is 5. The maximum absolute atomic E-state index is 11.2. The first kappa shape index (κ1) is 20.6. The van der Waals surface area contributed by atoms with Gasteiger partial charge in [-0.1, -0.05) is 88.4 Å². The minimum Gasteiger partial charge on any atom is -0.465 e. The topological polar surface area (TPSA) is 58.6 Å². The lowest BCUT2D eigenvalue weighted by Crippen LogP contribution is -2.67. The van der Waals surface area contributed by atoms with Gasteiger partial charge >= 0.3 is 6.09 Å². The van der Waals surface area contributed by atoms with E-state index in [1.165, 1.54) is 10.4 Å². The molecule has 3 rings (SSSR count). The van der Waals surface area contributed by atoms with E-state index in [1.807, 2.05) is 12.1 Å². The van der Waals surface area contributed by atoms with Crippen molar-refractivity contribution in [1.82, 2.24) is 5.32 Å². The molecule has 1 aliphatic carbocycles. The molecule has 2 aromatic rings. The van der Waals surface area contributed by atoms with E-state index in [9.17, 15) is 4.79 Å². The van der Waals surface area contributed by atoms with Crippen molar-refractivity contribution in [3.63, 3.8) is 0 Å². The summed E-state index contributed by atoms with van der Waals surface area (Å²) in [6, 6.07) is 21.1. The van der Waals surface area contributed by atoms with Crippen LogP contribution in [0.5, 0.6) is 0 Å². The SMILES string of the molecule is CC1CC(O[Si](c2ccccc2)(c2ccccc2)C(C)(C)C)CC1NC(=O)O. The molecule has 1 fully saturated rings. The van der Waals surface area contributed by atoms with Gasteiger partial charge in [0.2, 0.25) is 0 Å². The third-order valence-electron chi connectivity index (χ3n) is 5.91. The zero-order chi connectivity index (χ0) is 20.4. The van der Waals surface area contributed by atoms with Gasteiger partial charge in [0.1, 0.15) is 0 Å². The van der Waals surface area contributed by atoms with Gasteiger partial charge in [-0.15, -0.1) is 0 Å². The molecule has 5 heteroatoms. The summed E-state index contributed by atoms with van der Waals surface area (Å²) in [6.45, 7) is 8.91. The van der Waals surface area contributed by atoms with Gasteiger partial charge in [0.05, 0.1) is 0 Å². The van der Waals surface area contributed by atoms with Crippen molar-refractivity contribution in [1.29, 1.82) is 0 Å². The van der Waals surface area contributed by atoms with E-state index in [4.69, 9.17) is 9.53 Å². The van der Waals surface area contributed by atoms with E-state index in [0.717, 1.165) is 12.8 Å². The molecule has 150 valence electrons. The van der Waals surface area contributed by atoms with Gasteiger partial charge in [-0.3, -0.25) is 0 Å². The molecule has 0 radical (unpaired) electrons. The Morgan fingerprint density at radius 2 is 1.50 bits per heavy atom. The van der Waals surface area contributed by atoms with Crippen LogP contribution in [0.25, 0.3) is 0 Å². The van der Waals surface area contributed by atoms with Crippen LogP contribution in [-0.2, 0) is 4.43 Å². The van der Waals surface area contributed by atoms with E-state index in [2.05, 4.69) is 81.5 Å². The summed E-state index contributed by atoms with van der Waals surface area (Å²) in [5, 5.41) is 14.3. The Kier molecular flexibility index (Phi) is 5.96. The van der Waals surface area contributed by atoms with E-state index in [0.29, 0.717) is 0 Å². The monoisotopic (exact) mass is 397 g/mol. The lowest BCUT2D eigenvalue weighted by atomic mass is 10.1. The minimum atomic E-state index is -2.59. The van der Waals surface area contributed by atoms with Gasteiger partial charge in [0, 0.05) is 12.1 Å². The Labute approximate surface area is 169 Å². The first-order valence-corrected chi connectivity index (χ1v) is 11.9. The predicted octanol–water partition coefficient (Wildman–Crippen LogP) is 4.00. The Balaban J connectivity index is 2.04. The zero-order valence-corrected chi connectivity index (χ0v) is 18.2. The number of amides is 1. The summed E-state index contributed by atoms with van der Waals surface area (Å²) in [4.78, 5) is 11.2. The normalized spacial score (nSPS) is 22.8. The first-order chi connectivity index (χ1) is 13.2. The van der Waals surface area contributed by atoms with Crippen molar-refractivity contribution < 1.29 is 14.3 Å². The number of benzene rings is 2. The smallest absolute Gasteiger partial charge is 0.404 e. The highest BCUT2D eigenvalue weighted by Gasteiger charge is 2.52. The Morgan fingerprint density at radius 1 is 1.00 bits per heavy atom. The molecule has 3 unspecified atom stereocenters. The zero-order valence-electron chi connectivity index (χ0n) is 17.2. The molecule has 1 aliphatic rings. The molecule has 2 aromatic carbocycles. The van der Waals surface area contributed by atoms with Crippen molar-refractivity contribution >= 4 is 24.8 Å². The van der Waals surface area contributed by atoms with Gasteiger partial charge in [-0.05, 0) is 34.2 Å². The fourth-order valence-corrected chi connectivity index (χ4v) is 9.30. The average Bonchev–Trinajstić information content (AvgIpc) is 2.98. The molecule has 4 nitrogen and oxygen atoms in total. The minimum absolute atomic E-state index is 0.0400. The second-order valence-corrected chi connectivity index (χ2v) is 13.2. The molecule has 1 saturated carbocycles. The maximum atomic E-state index is 11.2. The van der Waals surface area contributed by atoms with Gasteiger partial charge in [0.15, 0.2) is 0 Å². The molecular weight excluding hydrogens is 366 g/mol. The lowest BCUT2D eigenvalue weighted by molar-refractivity contribution is 0.181. The van der Waals surface area contributed by atoms with E-state index < -0.39 is 14.4 Å². The van der Waals surface area contributed by atoms with E-state index in [-0.39, 0.29) is 23.1 Å². The first-order valence-electron chi connectivity index (χ1n) is 10.0. The number of nitrogens with one attached hydrogen (secondary N) is 1. The number of carbonyl (C=O) groups is 1. The summed E-state index contributed by atoms with van der Waals surface area (Å²) in [5.41, 5.74) is 0. The van der Waals surface area contributed by atoms with Crippen molar-refractivity contribution in [3.8, 4) is 0 Å². The van der Waals surface area contributed by atoms with Crippen LogP contribution in [0.4, 0.5) is 4.79 Å². The van der Waals surface area contributed by atoms with Gasteiger partial charge in [0.25, 0.3) is 8.32 Å². The summed E-state index contributed by atoms with van der Waals surface area (Å²) < 4.78 is 7.12. The van der Waals surface area contributed by atoms with Crippen molar-refractivity contribution in [2.45, 2.75) is 57.7 Å². The molecule has 0 heterocycles. The summed E-state index contributed by atoms with van der Waals surface area (Å²) in [5.74, 6) is 0.263. The Hall–Kier alpha value is -2.11. The van der Waals surface area contributed by atoms with Gasteiger partial charge in [-0.25, -0.2) is 4.79 Å². The molecule has 0 aromatic heterocycles. The number of hydrogen-bond acceptors (Lipinski definition) is 2. The largest absolute Gasteiger partial charge is 0.465 e. The highest BCUT2D eigenvalue weighted by atomic mass is 28.4. The predicted molar refractivity (Wildman–Crippen MR) is 116 cm³/mol. The number of carboxylic acid groups (broad SMARTS) is 1. The Bertz CT molecular complexity index is 749. The molecule has 1 amide bonds. The number of hydrogen-bond donors (Lipinski definition) is 2.